The number of thiazole rings is 1. The molecule has 4 aliphatic rings. The number of imide groups is 1. The first-order valence-corrected chi connectivity index (χ1v) is 14.5. The third-order valence-corrected chi connectivity index (χ3v) is 11.5. The number of hydrogen-bond donors (Lipinski definition) is 1. The molecule has 3 aromatic rings. The fraction of sp³-hybridized carbons (Fsp3) is 0.393. The summed E-state index contributed by atoms with van der Waals surface area (Å²) >= 11 is 2.70. The molecule has 2 amide bonds. The van der Waals surface area contributed by atoms with E-state index in [1.54, 1.807) is 26.0 Å². The Balaban J connectivity index is 1.30. The summed E-state index contributed by atoms with van der Waals surface area (Å²) in [6.45, 7) is 0. The maximum absolute atomic E-state index is 13.8. The number of hydrogen-bond acceptors (Lipinski definition) is 7. The first-order chi connectivity index (χ1) is 19.1. The number of methoxy groups -OCH3 is 2. The number of aromatic nitrogens is 1. The van der Waals surface area contributed by atoms with Crippen LogP contribution in [0.1, 0.15) is 28.3 Å². The van der Waals surface area contributed by atoms with E-state index in [9.17, 15) is 27.6 Å². The zero-order chi connectivity index (χ0) is 28.1. The molecule has 2 aliphatic carbocycles. The smallest absolute Gasteiger partial charge is 0.416 e. The Morgan fingerprint density at radius 1 is 0.950 bits per heavy atom. The molecule has 3 fully saturated rings. The lowest BCUT2D eigenvalue weighted by molar-refractivity contribution is -0.137. The standard InChI is InChI=1S/C28H23F3N2O5S2/c1-37-16-7-6-11(8-17(16)38-2)18-19-14-10-15(22(19)39-24-23(18)40-27(36)32-24)21-20(14)25(34)33(26(21)35)13-5-3-4-12(9-13)28(29,30)31/h3-9,14-15,18-22H,10H2,1-2H3,(H,32,36)/t14-,15-,18+,19-,20+,21+,22+/m1/s1. The number of anilines is 1. The van der Waals surface area contributed by atoms with Crippen LogP contribution in [0.15, 0.2) is 52.3 Å². The van der Waals surface area contributed by atoms with Gasteiger partial charge in [0.2, 0.25) is 11.8 Å². The van der Waals surface area contributed by atoms with E-state index < -0.39 is 35.4 Å². The minimum absolute atomic E-state index is 0.0414. The molecular weight excluding hydrogens is 565 g/mol. The number of carbonyl (C=O) groups excluding carboxylic acids is 2. The number of ether oxygens (including phenoxy) is 2. The van der Waals surface area contributed by atoms with E-state index in [-0.39, 0.29) is 39.5 Å². The van der Waals surface area contributed by atoms with Crippen LogP contribution in [0, 0.1) is 29.6 Å². The van der Waals surface area contributed by atoms with Crippen molar-refractivity contribution in [2.75, 3.05) is 19.1 Å². The van der Waals surface area contributed by atoms with Gasteiger partial charge in [-0.2, -0.15) is 13.2 Å². The highest BCUT2D eigenvalue weighted by molar-refractivity contribution is 8.00. The Labute approximate surface area is 234 Å². The topological polar surface area (TPSA) is 88.7 Å². The number of amides is 2. The van der Waals surface area contributed by atoms with E-state index in [0.717, 1.165) is 43.8 Å². The minimum atomic E-state index is -4.59. The Bertz CT molecular complexity index is 1620. The molecule has 2 saturated carbocycles. The van der Waals surface area contributed by atoms with Crippen molar-refractivity contribution in [3.05, 3.63) is 68.1 Å². The van der Waals surface area contributed by atoms with Gasteiger partial charge in [0.05, 0.1) is 42.3 Å². The van der Waals surface area contributed by atoms with Crippen molar-refractivity contribution >= 4 is 40.6 Å². The van der Waals surface area contributed by atoms with Crippen molar-refractivity contribution in [1.29, 1.82) is 0 Å². The van der Waals surface area contributed by atoms with Gasteiger partial charge in [0.1, 0.15) is 0 Å². The summed E-state index contributed by atoms with van der Waals surface area (Å²) in [5.41, 5.74) is -0.0362. The average molecular weight is 589 g/mol. The molecule has 2 bridgehead atoms. The summed E-state index contributed by atoms with van der Waals surface area (Å²) in [4.78, 5) is 44.6. The normalized spacial score (nSPS) is 30.3. The molecule has 0 spiro atoms. The number of aromatic amines is 1. The Morgan fingerprint density at radius 3 is 2.38 bits per heavy atom. The lowest BCUT2D eigenvalue weighted by Crippen LogP contribution is -2.42. The summed E-state index contributed by atoms with van der Waals surface area (Å²) in [7, 11) is 3.10. The second-order valence-electron chi connectivity index (χ2n) is 10.6. The van der Waals surface area contributed by atoms with Gasteiger partial charge < -0.3 is 14.5 Å². The molecular formula is C28H23F3N2O5S2. The van der Waals surface area contributed by atoms with Gasteiger partial charge in [-0.05, 0) is 60.1 Å². The third kappa shape index (κ3) is 3.54. The van der Waals surface area contributed by atoms with Crippen molar-refractivity contribution in [2.24, 2.45) is 29.6 Å². The molecule has 0 unspecified atom stereocenters. The molecule has 7 rings (SSSR count). The average Bonchev–Trinajstić information content (AvgIpc) is 3.66. The Hall–Kier alpha value is -3.25. The first kappa shape index (κ1) is 25.7. The molecule has 208 valence electrons. The predicted octanol–water partition coefficient (Wildman–Crippen LogP) is 5.15. The maximum atomic E-state index is 13.8. The van der Waals surface area contributed by atoms with Gasteiger partial charge >= 0.3 is 11.0 Å². The van der Waals surface area contributed by atoms with Gasteiger partial charge in [0, 0.05) is 16.0 Å². The number of H-pyrrole nitrogens is 1. The molecule has 3 heterocycles. The van der Waals surface area contributed by atoms with E-state index in [0.29, 0.717) is 17.9 Å². The zero-order valence-electron chi connectivity index (χ0n) is 21.2. The molecule has 7 atom stereocenters. The summed E-state index contributed by atoms with van der Waals surface area (Å²) in [6, 6.07) is 10.0. The highest BCUT2D eigenvalue weighted by atomic mass is 32.2. The largest absolute Gasteiger partial charge is 0.493 e. The van der Waals surface area contributed by atoms with Crippen LogP contribution in [0.4, 0.5) is 18.9 Å². The van der Waals surface area contributed by atoms with Crippen LogP contribution in [0.3, 0.4) is 0 Å². The first-order valence-electron chi connectivity index (χ1n) is 12.8. The Kier molecular flexibility index (Phi) is 5.70. The van der Waals surface area contributed by atoms with Gasteiger partial charge in [-0.1, -0.05) is 23.5 Å². The molecule has 2 aromatic carbocycles. The van der Waals surface area contributed by atoms with E-state index in [4.69, 9.17) is 9.47 Å². The number of nitrogens with one attached hydrogen (secondary N) is 1. The van der Waals surface area contributed by atoms with E-state index in [2.05, 4.69) is 4.98 Å². The number of carbonyl (C=O) groups is 2. The molecule has 7 nitrogen and oxygen atoms in total. The summed E-state index contributed by atoms with van der Waals surface area (Å²) in [5.74, 6) is -1.55. The van der Waals surface area contributed by atoms with Gasteiger partial charge in [0.25, 0.3) is 0 Å². The van der Waals surface area contributed by atoms with Crippen LogP contribution in [0.25, 0.3) is 0 Å². The number of halogens is 3. The molecule has 1 N–H and O–H groups in total. The van der Waals surface area contributed by atoms with Crippen molar-refractivity contribution in [3.8, 4) is 11.5 Å². The van der Waals surface area contributed by atoms with Crippen LogP contribution in [-0.2, 0) is 15.8 Å². The van der Waals surface area contributed by atoms with E-state index in [1.165, 1.54) is 12.1 Å². The number of nitrogens with zero attached hydrogens (tertiary/aromatic N) is 1. The lowest BCUT2D eigenvalue weighted by atomic mass is 9.68. The number of rotatable bonds is 4. The highest BCUT2D eigenvalue weighted by Crippen LogP contribution is 2.68. The molecule has 0 radical (unpaired) electrons. The number of thioether (sulfide) groups is 1. The monoisotopic (exact) mass is 588 g/mol. The van der Waals surface area contributed by atoms with Crippen LogP contribution in [0.2, 0.25) is 0 Å². The maximum Gasteiger partial charge on any atom is 0.416 e. The minimum Gasteiger partial charge on any atom is -0.493 e. The van der Waals surface area contributed by atoms with Crippen LogP contribution >= 0.6 is 23.1 Å². The lowest BCUT2D eigenvalue weighted by Gasteiger charge is -2.43. The predicted molar refractivity (Wildman–Crippen MR) is 142 cm³/mol. The molecule has 12 heteroatoms. The van der Waals surface area contributed by atoms with E-state index >= 15 is 0 Å². The van der Waals surface area contributed by atoms with Crippen LogP contribution in [0.5, 0.6) is 11.5 Å². The second kappa shape index (κ2) is 8.87. The summed E-state index contributed by atoms with van der Waals surface area (Å²) in [5, 5.41) is 0.729. The van der Waals surface area contributed by atoms with Crippen molar-refractivity contribution in [2.45, 2.75) is 28.8 Å². The SMILES string of the molecule is COc1ccc([C@@H]2c3sc(=O)[nH]c3S[C@H]3[C@@H]4C[C@@H]([C@@H]5C(=O)N(c6cccc(C(F)(F)F)c6)C(=O)[C@@H]45)[C@H]23)cc1OC. The molecule has 1 aromatic heterocycles. The molecule has 40 heavy (non-hydrogen) atoms. The van der Waals surface area contributed by atoms with Gasteiger partial charge in [-0.25, -0.2) is 0 Å². The van der Waals surface area contributed by atoms with Crippen molar-refractivity contribution < 1.29 is 32.2 Å². The number of benzene rings is 2. The zero-order valence-corrected chi connectivity index (χ0v) is 22.9. The number of fused-ring (bicyclic) bond motifs is 9. The third-order valence-electron chi connectivity index (χ3n) is 8.92. The van der Waals surface area contributed by atoms with Crippen LogP contribution in [-0.4, -0.2) is 36.3 Å². The quantitative estimate of drug-likeness (QED) is 0.424. The van der Waals surface area contributed by atoms with Crippen molar-refractivity contribution in [3.63, 3.8) is 0 Å². The fourth-order valence-corrected chi connectivity index (χ4v) is 10.4. The van der Waals surface area contributed by atoms with E-state index in [1.807, 2.05) is 18.2 Å². The van der Waals surface area contributed by atoms with Crippen LogP contribution < -0.4 is 19.2 Å². The summed E-state index contributed by atoms with van der Waals surface area (Å²) in [6.07, 6.45) is -3.92. The molecule has 2 aliphatic heterocycles. The highest BCUT2D eigenvalue weighted by Gasteiger charge is 2.69. The fourth-order valence-electron chi connectivity index (χ4n) is 7.51. The van der Waals surface area contributed by atoms with Gasteiger partial charge in [0.15, 0.2) is 11.5 Å². The van der Waals surface area contributed by atoms with Crippen molar-refractivity contribution in [1.82, 2.24) is 4.98 Å². The number of alkyl halides is 3. The second-order valence-corrected chi connectivity index (χ2v) is 12.8. The Morgan fingerprint density at radius 2 is 1.68 bits per heavy atom. The molecule has 1 saturated heterocycles. The van der Waals surface area contributed by atoms with Gasteiger partial charge in [-0.15, -0.1) is 11.8 Å². The summed E-state index contributed by atoms with van der Waals surface area (Å²) < 4.78 is 51.2. The van der Waals surface area contributed by atoms with Gasteiger partial charge in [-0.3, -0.25) is 19.3 Å².